The third-order valence-corrected chi connectivity index (χ3v) is 3.39. The van der Waals surface area contributed by atoms with E-state index in [1.54, 1.807) is 6.92 Å². The van der Waals surface area contributed by atoms with E-state index in [9.17, 15) is 14.4 Å². The van der Waals surface area contributed by atoms with Gasteiger partial charge in [0.25, 0.3) is 0 Å². The number of amides is 4. The third kappa shape index (κ3) is 2.89. The first-order chi connectivity index (χ1) is 7.48. The molecule has 0 bridgehead atoms. The maximum absolute atomic E-state index is 11.9. The molecule has 1 heterocycles. The van der Waals surface area contributed by atoms with Crippen LogP contribution in [0.5, 0.6) is 0 Å². The van der Waals surface area contributed by atoms with Gasteiger partial charge in [-0.1, -0.05) is 27.2 Å². The number of carbonyl (C=O) groups is 3. The van der Waals surface area contributed by atoms with Crippen LogP contribution >= 0.6 is 0 Å². The van der Waals surface area contributed by atoms with Crippen molar-refractivity contribution in [3.63, 3.8) is 0 Å². The number of barbiturate groups is 1. The average Bonchev–Trinajstić information content (AvgIpc) is 2.18. The van der Waals surface area contributed by atoms with E-state index in [1.165, 1.54) is 0 Å². The van der Waals surface area contributed by atoms with E-state index in [4.69, 9.17) is 0 Å². The molecule has 92 valence electrons. The summed E-state index contributed by atoms with van der Waals surface area (Å²) in [5.74, 6) is -1.01. The third-order valence-electron chi connectivity index (χ3n) is 3.39. The molecule has 17 heavy (non-hydrogen) atoms. The summed E-state index contributed by atoms with van der Waals surface area (Å²) in [6, 6.07) is -0.720. The van der Waals surface area contributed by atoms with Gasteiger partial charge in [0.05, 0.1) is 0 Å². The van der Waals surface area contributed by atoms with Gasteiger partial charge in [0.1, 0.15) is 5.41 Å². The molecule has 0 spiro atoms. The van der Waals surface area contributed by atoms with Gasteiger partial charge in [0.15, 0.2) is 0 Å². The van der Waals surface area contributed by atoms with Gasteiger partial charge in [-0.3, -0.25) is 20.2 Å². The second-order valence-corrected chi connectivity index (χ2v) is 4.25. The van der Waals surface area contributed by atoms with Crippen molar-refractivity contribution in [2.45, 2.75) is 40.0 Å². The molecule has 1 unspecified atom stereocenters. The summed E-state index contributed by atoms with van der Waals surface area (Å²) >= 11 is 0. The van der Waals surface area contributed by atoms with Crippen LogP contribution < -0.4 is 40.2 Å². The zero-order valence-corrected chi connectivity index (χ0v) is 12.9. The van der Waals surface area contributed by atoms with Crippen molar-refractivity contribution in [2.24, 2.45) is 11.3 Å². The Morgan fingerprint density at radius 3 is 2.06 bits per heavy atom. The Morgan fingerprint density at radius 1 is 1.24 bits per heavy atom. The van der Waals surface area contributed by atoms with Crippen LogP contribution in [0.3, 0.4) is 0 Å². The van der Waals surface area contributed by atoms with E-state index < -0.39 is 23.3 Å². The zero-order valence-electron chi connectivity index (χ0n) is 12.9. The summed E-state index contributed by atoms with van der Waals surface area (Å²) in [5.41, 5.74) is -1.09. The fraction of sp³-hybridized carbons (Fsp3) is 0.727. The number of nitrogens with one attached hydrogen (secondary N) is 2. The van der Waals surface area contributed by atoms with Crippen LogP contribution in [-0.4, -0.2) is 17.8 Å². The summed E-state index contributed by atoms with van der Waals surface area (Å²) in [6.45, 7) is 5.67. The molecule has 1 aliphatic rings. The molecule has 0 aromatic heterocycles. The van der Waals surface area contributed by atoms with Crippen molar-refractivity contribution in [1.82, 2.24) is 10.6 Å². The molecule has 1 fully saturated rings. The Labute approximate surface area is 126 Å². The number of imide groups is 2. The summed E-state index contributed by atoms with van der Waals surface area (Å²) < 4.78 is 0. The van der Waals surface area contributed by atoms with Gasteiger partial charge in [0.2, 0.25) is 11.8 Å². The van der Waals surface area contributed by atoms with Gasteiger partial charge < -0.3 is 1.43 Å². The van der Waals surface area contributed by atoms with Gasteiger partial charge in [0, 0.05) is 0 Å². The molecular formula is C11H20N2NaO3+. The molecule has 0 aliphatic carbocycles. The maximum Gasteiger partial charge on any atom is 1.00 e. The molecule has 1 rings (SSSR count). The summed E-state index contributed by atoms with van der Waals surface area (Å²) in [4.78, 5) is 34.8. The topological polar surface area (TPSA) is 75.3 Å². The molecule has 4 amide bonds. The van der Waals surface area contributed by atoms with Crippen LogP contribution in [0.25, 0.3) is 0 Å². The molecule has 6 heteroatoms. The Kier molecular flexibility index (Phi) is 6.37. The van der Waals surface area contributed by atoms with E-state index in [0.717, 1.165) is 12.8 Å². The normalized spacial score (nSPS) is 20.1. The largest absolute Gasteiger partial charge is 1.00 e. The fourth-order valence-electron chi connectivity index (χ4n) is 2.36. The van der Waals surface area contributed by atoms with Crippen LogP contribution in [-0.2, 0) is 9.59 Å². The number of urea groups is 1. The Hall–Kier alpha value is -0.390. The summed E-state index contributed by atoms with van der Waals surface area (Å²) in [6.07, 6.45) is 2.08. The van der Waals surface area contributed by atoms with Crippen molar-refractivity contribution >= 4 is 17.8 Å². The first-order valence-corrected chi connectivity index (χ1v) is 5.65. The van der Waals surface area contributed by atoms with E-state index in [-0.39, 0.29) is 38.3 Å². The molecule has 1 atom stereocenters. The van der Waals surface area contributed by atoms with E-state index in [2.05, 4.69) is 10.6 Å². The molecule has 0 radical (unpaired) electrons. The molecule has 1 saturated heterocycles. The number of carbonyl (C=O) groups excluding carboxylic acids is 3. The van der Waals surface area contributed by atoms with Crippen LogP contribution in [0, 0.1) is 11.3 Å². The van der Waals surface area contributed by atoms with Crippen molar-refractivity contribution in [3.8, 4) is 0 Å². The second-order valence-electron chi connectivity index (χ2n) is 4.25. The molecule has 2 N–H and O–H groups in total. The smallest absolute Gasteiger partial charge is 1.00 e. The van der Waals surface area contributed by atoms with Gasteiger partial charge >= 0.3 is 37.0 Å². The van der Waals surface area contributed by atoms with E-state index in [1.807, 2.05) is 13.8 Å². The molecule has 5 nitrogen and oxygen atoms in total. The zero-order chi connectivity index (χ0) is 12.3. The Bertz CT molecular complexity index is 320. The molecule has 1 aliphatic heterocycles. The van der Waals surface area contributed by atoms with E-state index in [0.29, 0.717) is 6.42 Å². The van der Waals surface area contributed by atoms with Crippen LogP contribution in [0.4, 0.5) is 4.79 Å². The van der Waals surface area contributed by atoms with Crippen LogP contribution in [0.15, 0.2) is 0 Å². The van der Waals surface area contributed by atoms with Gasteiger partial charge in [-0.25, -0.2) is 4.79 Å². The second kappa shape index (κ2) is 6.52. The monoisotopic (exact) mass is 251 g/mol. The standard InChI is InChI=1S/C11H18N2O3.Na.H/c1-4-6-7(3)11(5-2)8(14)12-10(16)13-9(11)15;;/h7H,4-6H2,1-3H3,(H2,12,13,14,15,16);;/q;+1;-1/p+1. The quantitative estimate of drug-likeness (QED) is 0.467. The minimum absolute atomic E-state index is 0. The Morgan fingerprint density at radius 2 is 1.71 bits per heavy atom. The first-order valence-electron chi connectivity index (χ1n) is 5.65. The minimum Gasteiger partial charge on any atom is -1.00 e. The van der Waals surface area contributed by atoms with Crippen molar-refractivity contribution in [1.29, 1.82) is 0 Å². The molecule has 0 saturated carbocycles. The molecule has 0 aromatic rings. The Balaban J connectivity index is -0.000000853. The van der Waals surface area contributed by atoms with Gasteiger partial charge in [-0.2, -0.15) is 0 Å². The maximum atomic E-state index is 11.9. The first kappa shape index (κ1) is 16.6. The molecular weight excluding hydrogens is 231 g/mol. The number of hydrogen-bond donors (Lipinski definition) is 2. The fourth-order valence-corrected chi connectivity index (χ4v) is 2.36. The van der Waals surface area contributed by atoms with Crippen LogP contribution in [0.1, 0.15) is 42.9 Å². The predicted octanol–water partition coefficient (Wildman–Crippen LogP) is -1.59. The summed E-state index contributed by atoms with van der Waals surface area (Å²) in [7, 11) is 0. The number of hydrogen-bond acceptors (Lipinski definition) is 3. The predicted molar refractivity (Wildman–Crippen MR) is 60.7 cm³/mol. The van der Waals surface area contributed by atoms with Crippen molar-refractivity contribution in [3.05, 3.63) is 0 Å². The van der Waals surface area contributed by atoms with Crippen molar-refractivity contribution in [2.75, 3.05) is 0 Å². The van der Waals surface area contributed by atoms with Crippen molar-refractivity contribution < 1.29 is 46.8 Å². The van der Waals surface area contributed by atoms with E-state index >= 15 is 0 Å². The van der Waals surface area contributed by atoms with Crippen LogP contribution in [0.2, 0.25) is 0 Å². The van der Waals surface area contributed by atoms with Gasteiger partial charge in [-0.15, -0.1) is 0 Å². The minimum atomic E-state index is -1.09. The summed E-state index contributed by atoms with van der Waals surface area (Å²) in [5, 5.41) is 4.36. The average molecular weight is 251 g/mol. The van der Waals surface area contributed by atoms with Gasteiger partial charge in [-0.05, 0) is 18.8 Å². The number of rotatable bonds is 4. The SMILES string of the molecule is CCCC(C)C1(CC)C(=O)NC(=O)NC1=O.[H+].[H-].[Na+]. The molecule has 0 aromatic carbocycles.